The second kappa shape index (κ2) is 5.67. The molecule has 0 radical (unpaired) electrons. The van der Waals surface area contributed by atoms with Gasteiger partial charge in [0, 0.05) is 5.25 Å². The molecular weight excluding hydrogens is 156 g/mol. The third-order valence-electron chi connectivity index (χ3n) is 1.95. The molecule has 11 heavy (non-hydrogen) atoms. The first-order valence-corrected chi connectivity index (χ1v) is 5.36. The normalized spacial score (nSPS) is 26.1. The van der Waals surface area contributed by atoms with Crippen molar-refractivity contribution in [2.24, 2.45) is 0 Å². The van der Waals surface area contributed by atoms with Crippen LogP contribution in [0.3, 0.4) is 0 Å². The van der Waals surface area contributed by atoms with Gasteiger partial charge in [0.25, 0.3) is 0 Å². The van der Waals surface area contributed by atoms with Gasteiger partial charge in [-0.3, -0.25) is 0 Å². The highest BCUT2D eigenvalue weighted by Crippen LogP contribution is 2.27. The van der Waals surface area contributed by atoms with E-state index in [-0.39, 0.29) is 6.61 Å². The second-order valence-electron chi connectivity index (χ2n) is 2.88. The predicted molar refractivity (Wildman–Crippen MR) is 50.9 cm³/mol. The molecule has 0 aromatic heterocycles. The van der Waals surface area contributed by atoms with E-state index in [1.165, 1.54) is 25.0 Å². The molecule has 1 N–H and O–H groups in total. The average Bonchev–Trinajstić information content (AvgIpc) is 2.07. The molecule has 1 atom stereocenters. The van der Waals surface area contributed by atoms with Crippen LogP contribution in [0.25, 0.3) is 0 Å². The van der Waals surface area contributed by atoms with E-state index in [9.17, 15) is 0 Å². The van der Waals surface area contributed by atoms with Crippen LogP contribution in [0.1, 0.15) is 25.7 Å². The minimum Gasteiger partial charge on any atom is -0.392 e. The van der Waals surface area contributed by atoms with Crippen LogP contribution in [0, 0.1) is 0 Å². The van der Waals surface area contributed by atoms with E-state index in [0.717, 1.165) is 11.7 Å². The quantitative estimate of drug-likeness (QED) is 0.659. The molecule has 1 aliphatic rings. The Morgan fingerprint density at radius 1 is 1.36 bits per heavy atom. The van der Waals surface area contributed by atoms with Crippen LogP contribution in [0.5, 0.6) is 0 Å². The summed E-state index contributed by atoms with van der Waals surface area (Å²) in [4.78, 5) is 0. The maximum absolute atomic E-state index is 8.50. The maximum Gasteiger partial charge on any atom is 0.0612 e. The van der Waals surface area contributed by atoms with Gasteiger partial charge in [0.1, 0.15) is 0 Å². The van der Waals surface area contributed by atoms with Gasteiger partial charge in [-0.25, -0.2) is 0 Å². The van der Waals surface area contributed by atoms with Crippen LogP contribution in [0.15, 0.2) is 12.2 Å². The lowest BCUT2D eigenvalue weighted by Gasteiger charge is -2.19. The van der Waals surface area contributed by atoms with E-state index >= 15 is 0 Å². The summed E-state index contributed by atoms with van der Waals surface area (Å²) in [6.45, 7) is 0.192. The molecule has 0 spiro atoms. The van der Waals surface area contributed by atoms with Crippen molar-refractivity contribution in [1.29, 1.82) is 0 Å². The number of aliphatic hydroxyl groups excluding tert-OH is 1. The number of allylic oxidation sites excluding steroid dienone is 1. The van der Waals surface area contributed by atoms with Gasteiger partial charge in [0.15, 0.2) is 0 Å². The molecule has 1 rings (SSSR count). The van der Waals surface area contributed by atoms with Gasteiger partial charge in [0.05, 0.1) is 6.61 Å². The summed E-state index contributed by atoms with van der Waals surface area (Å²) in [5.41, 5.74) is 0. The largest absolute Gasteiger partial charge is 0.392 e. The molecule has 64 valence electrons. The predicted octanol–water partition coefficient (Wildman–Crippen LogP) is 2.21. The third kappa shape index (κ3) is 3.82. The summed E-state index contributed by atoms with van der Waals surface area (Å²) in [7, 11) is 0. The fourth-order valence-corrected chi connectivity index (χ4v) is 2.60. The molecule has 0 bridgehead atoms. The van der Waals surface area contributed by atoms with Gasteiger partial charge in [-0.1, -0.05) is 18.6 Å². The zero-order valence-electron chi connectivity index (χ0n) is 6.83. The topological polar surface area (TPSA) is 20.2 Å². The summed E-state index contributed by atoms with van der Waals surface area (Å²) in [5.74, 6) is 1.33. The molecule has 1 nitrogen and oxygen atoms in total. The van der Waals surface area contributed by atoms with Crippen molar-refractivity contribution in [2.45, 2.75) is 30.9 Å². The highest BCUT2D eigenvalue weighted by molar-refractivity contribution is 7.99. The van der Waals surface area contributed by atoms with Crippen LogP contribution in [0.4, 0.5) is 0 Å². The number of aliphatic hydroxyl groups is 1. The summed E-state index contributed by atoms with van der Waals surface area (Å²) in [5, 5.41) is 9.33. The van der Waals surface area contributed by atoms with Gasteiger partial charge in [-0.05, 0) is 25.0 Å². The van der Waals surface area contributed by atoms with E-state index in [2.05, 4.69) is 17.8 Å². The van der Waals surface area contributed by atoms with Crippen LogP contribution >= 0.6 is 11.8 Å². The van der Waals surface area contributed by atoms with Gasteiger partial charge in [0.2, 0.25) is 0 Å². The standard InChI is InChI=1S/C9H16OS/c10-7-3-1-5-9-6-2-4-8-11-9/h1,3,9-10H,2,4-8H2/b3-1-. The smallest absolute Gasteiger partial charge is 0.0612 e. The van der Waals surface area contributed by atoms with Crippen LogP contribution < -0.4 is 0 Å². The third-order valence-corrected chi connectivity index (χ3v) is 3.37. The van der Waals surface area contributed by atoms with Gasteiger partial charge >= 0.3 is 0 Å². The molecular formula is C9H16OS. The monoisotopic (exact) mass is 172 g/mol. The van der Waals surface area contributed by atoms with E-state index in [1.54, 1.807) is 0 Å². The number of hydrogen-bond acceptors (Lipinski definition) is 2. The fourth-order valence-electron chi connectivity index (χ4n) is 1.32. The van der Waals surface area contributed by atoms with E-state index in [0.29, 0.717) is 0 Å². The number of thioether (sulfide) groups is 1. The van der Waals surface area contributed by atoms with Crippen molar-refractivity contribution >= 4 is 11.8 Å². The molecule has 0 aromatic rings. The lowest BCUT2D eigenvalue weighted by molar-refractivity contribution is 0.342. The molecule has 1 unspecified atom stereocenters. The number of rotatable bonds is 3. The van der Waals surface area contributed by atoms with Crippen LogP contribution in [-0.4, -0.2) is 22.7 Å². The Morgan fingerprint density at radius 3 is 2.91 bits per heavy atom. The minimum atomic E-state index is 0.192. The molecule has 0 aliphatic carbocycles. The molecule has 1 fully saturated rings. The maximum atomic E-state index is 8.50. The highest BCUT2D eigenvalue weighted by atomic mass is 32.2. The Labute approximate surface area is 72.9 Å². The van der Waals surface area contributed by atoms with E-state index < -0.39 is 0 Å². The van der Waals surface area contributed by atoms with Crippen molar-refractivity contribution in [3.8, 4) is 0 Å². The molecule has 1 saturated heterocycles. The molecule has 1 aliphatic heterocycles. The lowest BCUT2D eigenvalue weighted by atomic mass is 10.1. The van der Waals surface area contributed by atoms with E-state index in [1.807, 2.05) is 6.08 Å². The first kappa shape index (κ1) is 9.14. The van der Waals surface area contributed by atoms with E-state index in [4.69, 9.17) is 5.11 Å². The lowest BCUT2D eigenvalue weighted by Crippen LogP contribution is -2.07. The molecule has 0 amide bonds. The Bertz CT molecular complexity index is 117. The zero-order chi connectivity index (χ0) is 7.94. The molecule has 0 aromatic carbocycles. The van der Waals surface area contributed by atoms with Crippen LogP contribution in [0.2, 0.25) is 0 Å². The van der Waals surface area contributed by atoms with Crippen molar-refractivity contribution in [3.05, 3.63) is 12.2 Å². The van der Waals surface area contributed by atoms with Gasteiger partial charge in [-0.2, -0.15) is 11.8 Å². The van der Waals surface area contributed by atoms with Crippen molar-refractivity contribution in [3.63, 3.8) is 0 Å². The Hall–Kier alpha value is 0.0500. The van der Waals surface area contributed by atoms with Gasteiger partial charge < -0.3 is 5.11 Å². The fraction of sp³-hybridized carbons (Fsp3) is 0.778. The van der Waals surface area contributed by atoms with Crippen LogP contribution in [-0.2, 0) is 0 Å². The number of hydrogen-bond donors (Lipinski definition) is 1. The summed E-state index contributed by atoms with van der Waals surface area (Å²) in [6, 6.07) is 0. The Balaban J connectivity index is 2.09. The SMILES string of the molecule is OC/C=C\CC1CCCCS1. The summed E-state index contributed by atoms with van der Waals surface area (Å²) < 4.78 is 0. The summed E-state index contributed by atoms with van der Waals surface area (Å²) >= 11 is 2.08. The first-order chi connectivity index (χ1) is 5.43. The van der Waals surface area contributed by atoms with Crippen molar-refractivity contribution in [1.82, 2.24) is 0 Å². The Kier molecular flexibility index (Phi) is 4.71. The molecule has 2 heteroatoms. The Morgan fingerprint density at radius 2 is 2.27 bits per heavy atom. The van der Waals surface area contributed by atoms with Crippen molar-refractivity contribution < 1.29 is 5.11 Å². The van der Waals surface area contributed by atoms with Crippen molar-refractivity contribution in [2.75, 3.05) is 12.4 Å². The highest BCUT2D eigenvalue weighted by Gasteiger charge is 2.11. The van der Waals surface area contributed by atoms with Gasteiger partial charge in [-0.15, -0.1) is 0 Å². The minimum absolute atomic E-state index is 0.192. The second-order valence-corrected chi connectivity index (χ2v) is 4.29. The summed E-state index contributed by atoms with van der Waals surface area (Å²) in [6.07, 6.45) is 9.24. The first-order valence-electron chi connectivity index (χ1n) is 4.31. The average molecular weight is 172 g/mol. The zero-order valence-corrected chi connectivity index (χ0v) is 7.65. The molecule has 0 saturated carbocycles. The molecule has 1 heterocycles.